The molecular weight excluding hydrogens is 196 g/mol. The van der Waals surface area contributed by atoms with Crippen molar-refractivity contribution in [1.29, 1.82) is 0 Å². The highest BCUT2D eigenvalue weighted by Gasteiger charge is 2.36. The molecule has 1 rings (SSSR count). The SMILES string of the molecule is CC[C@](O)(C(=O)O)c1cccc(OC)c1. The maximum atomic E-state index is 11.0. The molecule has 2 N–H and O–H groups in total. The minimum atomic E-state index is -1.84. The molecule has 0 aliphatic carbocycles. The summed E-state index contributed by atoms with van der Waals surface area (Å²) in [5.41, 5.74) is -1.51. The molecule has 1 aromatic carbocycles. The molecule has 0 aliphatic rings. The zero-order valence-electron chi connectivity index (χ0n) is 8.73. The zero-order chi connectivity index (χ0) is 11.5. The van der Waals surface area contributed by atoms with Crippen LogP contribution in [0.25, 0.3) is 0 Å². The van der Waals surface area contributed by atoms with Crippen LogP contribution in [0.15, 0.2) is 24.3 Å². The Labute approximate surface area is 88.1 Å². The molecule has 0 aliphatic heterocycles. The molecular formula is C11H14O4. The maximum Gasteiger partial charge on any atom is 0.340 e. The Morgan fingerprint density at radius 3 is 2.67 bits per heavy atom. The molecule has 0 saturated heterocycles. The van der Waals surface area contributed by atoms with Crippen molar-refractivity contribution in [2.24, 2.45) is 0 Å². The summed E-state index contributed by atoms with van der Waals surface area (Å²) in [4.78, 5) is 11.0. The second-order valence-corrected chi connectivity index (χ2v) is 3.25. The van der Waals surface area contributed by atoms with Crippen LogP contribution in [-0.2, 0) is 10.4 Å². The second-order valence-electron chi connectivity index (χ2n) is 3.25. The van der Waals surface area contributed by atoms with E-state index in [9.17, 15) is 9.90 Å². The van der Waals surface area contributed by atoms with Crippen molar-refractivity contribution >= 4 is 5.97 Å². The predicted octanol–water partition coefficient (Wildman–Crippen LogP) is 1.38. The molecule has 0 spiro atoms. The number of hydrogen-bond acceptors (Lipinski definition) is 3. The van der Waals surface area contributed by atoms with Crippen molar-refractivity contribution in [2.75, 3.05) is 7.11 Å². The van der Waals surface area contributed by atoms with Gasteiger partial charge in [0.2, 0.25) is 0 Å². The summed E-state index contributed by atoms with van der Waals surface area (Å²) in [6.07, 6.45) is 0.107. The lowest BCUT2D eigenvalue weighted by atomic mass is 9.91. The van der Waals surface area contributed by atoms with Crippen LogP contribution in [0.4, 0.5) is 0 Å². The van der Waals surface area contributed by atoms with Gasteiger partial charge >= 0.3 is 5.97 Å². The summed E-state index contributed by atoms with van der Waals surface area (Å²) in [7, 11) is 1.49. The van der Waals surface area contributed by atoms with E-state index < -0.39 is 11.6 Å². The van der Waals surface area contributed by atoms with E-state index in [2.05, 4.69) is 0 Å². The smallest absolute Gasteiger partial charge is 0.340 e. The fraction of sp³-hybridized carbons (Fsp3) is 0.364. The van der Waals surface area contributed by atoms with Gasteiger partial charge in [0.1, 0.15) is 5.75 Å². The van der Waals surface area contributed by atoms with E-state index in [0.29, 0.717) is 11.3 Å². The number of ether oxygens (including phenoxy) is 1. The maximum absolute atomic E-state index is 11.0. The fourth-order valence-electron chi connectivity index (χ4n) is 1.36. The van der Waals surface area contributed by atoms with Gasteiger partial charge in [-0.2, -0.15) is 0 Å². The molecule has 0 heterocycles. The van der Waals surface area contributed by atoms with Gasteiger partial charge in [-0.3, -0.25) is 0 Å². The number of aliphatic hydroxyl groups is 1. The molecule has 0 unspecified atom stereocenters. The highest BCUT2D eigenvalue weighted by Crippen LogP contribution is 2.27. The van der Waals surface area contributed by atoms with E-state index >= 15 is 0 Å². The Morgan fingerprint density at radius 2 is 2.20 bits per heavy atom. The number of carbonyl (C=O) groups is 1. The average molecular weight is 210 g/mol. The third-order valence-electron chi connectivity index (χ3n) is 2.41. The average Bonchev–Trinajstić information content (AvgIpc) is 2.27. The van der Waals surface area contributed by atoms with Gasteiger partial charge in [-0.15, -0.1) is 0 Å². The highest BCUT2D eigenvalue weighted by atomic mass is 16.5. The van der Waals surface area contributed by atoms with E-state index in [4.69, 9.17) is 9.84 Å². The fourth-order valence-corrected chi connectivity index (χ4v) is 1.36. The Kier molecular flexibility index (Phi) is 3.31. The number of rotatable bonds is 4. The van der Waals surface area contributed by atoms with Crippen LogP contribution in [-0.4, -0.2) is 23.3 Å². The first-order valence-corrected chi connectivity index (χ1v) is 4.65. The number of carboxylic acid groups (broad SMARTS) is 1. The van der Waals surface area contributed by atoms with Crippen LogP contribution in [0.3, 0.4) is 0 Å². The first kappa shape index (κ1) is 11.5. The Bertz CT molecular complexity index is 361. The van der Waals surface area contributed by atoms with Crippen molar-refractivity contribution < 1.29 is 19.7 Å². The van der Waals surface area contributed by atoms with Crippen molar-refractivity contribution in [3.63, 3.8) is 0 Å². The summed E-state index contributed by atoms with van der Waals surface area (Å²) >= 11 is 0. The molecule has 1 atom stereocenters. The van der Waals surface area contributed by atoms with Gasteiger partial charge in [0.25, 0.3) is 0 Å². The summed E-state index contributed by atoms with van der Waals surface area (Å²) < 4.78 is 4.97. The van der Waals surface area contributed by atoms with Gasteiger partial charge in [-0.25, -0.2) is 4.79 Å². The van der Waals surface area contributed by atoms with Crippen LogP contribution in [0.2, 0.25) is 0 Å². The normalized spacial score (nSPS) is 14.3. The van der Waals surface area contributed by atoms with Gasteiger partial charge in [0.05, 0.1) is 7.11 Å². The molecule has 0 bridgehead atoms. The molecule has 1 aromatic rings. The van der Waals surface area contributed by atoms with E-state index in [-0.39, 0.29) is 6.42 Å². The van der Waals surface area contributed by atoms with Crippen LogP contribution in [0.1, 0.15) is 18.9 Å². The van der Waals surface area contributed by atoms with Crippen LogP contribution in [0, 0.1) is 0 Å². The molecule has 0 aromatic heterocycles. The first-order chi connectivity index (χ1) is 7.04. The van der Waals surface area contributed by atoms with Gasteiger partial charge in [0.15, 0.2) is 5.60 Å². The van der Waals surface area contributed by atoms with Gasteiger partial charge in [-0.05, 0) is 24.1 Å². The van der Waals surface area contributed by atoms with Crippen LogP contribution < -0.4 is 4.74 Å². The minimum absolute atomic E-state index is 0.107. The molecule has 4 heteroatoms. The van der Waals surface area contributed by atoms with Crippen molar-refractivity contribution in [3.8, 4) is 5.75 Å². The topological polar surface area (TPSA) is 66.8 Å². The standard InChI is InChI=1S/C11H14O4/c1-3-11(14,10(12)13)8-5-4-6-9(7-8)15-2/h4-7,14H,3H2,1-2H3,(H,12,13)/t11-/m1/s1. The molecule has 0 saturated carbocycles. The van der Waals surface area contributed by atoms with Crippen LogP contribution >= 0.6 is 0 Å². The first-order valence-electron chi connectivity index (χ1n) is 4.65. The molecule has 4 nitrogen and oxygen atoms in total. The molecule has 82 valence electrons. The third-order valence-corrected chi connectivity index (χ3v) is 2.41. The van der Waals surface area contributed by atoms with E-state index in [1.54, 1.807) is 25.1 Å². The lowest BCUT2D eigenvalue weighted by Crippen LogP contribution is -2.34. The summed E-state index contributed by atoms with van der Waals surface area (Å²) in [6, 6.07) is 6.44. The Balaban J connectivity index is 3.18. The summed E-state index contributed by atoms with van der Waals surface area (Å²) in [5.74, 6) is -0.723. The van der Waals surface area contributed by atoms with Crippen molar-refractivity contribution in [2.45, 2.75) is 18.9 Å². The van der Waals surface area contributed by atoms with Crippen LogP contribution in [0.5, 0.6) is 5.75 Å². The number of carboxylic acids is 1. The quantitative estimate of drug-likeness (QED) is 0.787. The molecule has 15 heavy (non-hydrogen) atoms. The van der Waals surface area contributed by atoms with Crippen molar-refractivity contribution in [3.05, 3.63) is 29.8 Å². The molecule has 0 fully saturated rings. The molecule has 0 radical (unpaired) electrons. The summed E-state index contributed by atoms with van der Waals surface area (Å²) in [5, 5.41) is 18.9. The Hall–Kier alpha value is -1.55. The van der Waals surface area contributed by atoms with E-state index in [1.807, 2.05) is 0 Å². The van der Waals surface area contributed by atoms with E-state index in [0.717, 1.165) is 0 Å². The number of aliphatic carboxylic acids is 1. The highest BCUT2D eigenvalue weighted by molar-refractivity contribution is 5.79. The minimum Gasteiger partial charge on any atom is -0.497 e. The number of hydrogen-bond donors (Lipinski definition) is 2. The lowest BCUT2D eigenvalue weighted by Gasteiger charge is -2.22. The van der Waals surface area contributed by atoms with Gasteiger partial charge in [-0.1, -0.05) is 19.1 Å². The number of methoxy groups -OCH3 is 1. The molecule has 0 amide bonds. The Morgan fingerprint density at radius 1 is 1.53 bits per heavy atom. The van der Waals surface area contributed by atoms with Gasteiger partial charge < -0.3 is 14.9 Å². The number of benzene rings is 1. The van der Waals surface area contributed by atoms with Crippen molar-refractivity contribution in [1.82, 2.24) is 0 Å². The lowest BCUT2D eigenvalue weighted by molar-refractivity contribution is -0.160. The monoisotopic (exact) mass is 210 g/mol. The second kappa shape index (κ2) is 4.31. The van der Waals surface area contributed by atoms with E-state index in [1.165, 1.54) is 13.2 Å². The summed E-state index contributed by atoms with van der Waals surface area (Å²) in [6.45, 7) is 1.62. The zero-order valence-corrected chi connectivity index (χ0v) is 8.73. The third kappa shape index (κ3) is 2.10. The largest absolute Gasteiger partial charge is 0.497 e. The van der Waals surface area contributed by atoms with Gasteiger partial charge in [0, 0.05) is 0 Å². The predicted molar refractivity (Wildman–Crippen MR) is 54.8 cm³/mol.